The molecule has 152 valence electrons. The zero-order valence-corrected chi connectivity index (χ0v) is 17.0. The number of likely N-dealkylation sites (tertiary alicyclic amines) is 1. The number of aliphatic imine (C=N–C) groups is 1. The van der Waals surface area contributed by atoms with Crippen LogP contribution < -0.4 is 15.4 Å². The smallest absolute Gasteiger partial charge is 0.213 e. The third-order valence-corrected chi connectivity index (χ3v) is 4.57. The van der Waals surface area contributed by atoms with Crippen LogP contribution >= 0.6 is 0 Å². The summed E-state index contributed by atoms with van der Waals surface area (Å²) in [5, 5.41) is 6.94. The molecule has 0 saturated carbocycles. The molecule has 27 heavy (non-hydrogen) atoms. The molecule has 1 aromatic rings. The number of nitrogens with zero attached hydrogens (tertiary/aromatic N) is 3. The minimum absolute atomic E-state index is 0.491. The van der Waals surface area contributed by atoms with Crippen LogP contribution in [0.3, 0.4) is 0 Å². The number of ether oxygens (including phenoxy) is 2. The third-order valence-electron chi connectivity index (χ3n) is 4.57. The summed E-state index contributed by atoms with van der Waals surface area (Å²) >= 11 is 0. The highest BCUT2D eigenvalue weighted by Crippen LogP contribution is 2.11. The van der Waals surface area contributed by atoms with Crippen LogP contribution in [0, 0.1) is 0 Å². The predicted molar refractivity (Wildman–Crippen MR) is 109 cm³/mol. The van der Waals surface area contributed by atoms with Crippen LogP contribution in [0.2, 0.25) is 0 Å². The van der Waals surface area contributed by atoms with Crippen molar-refractivity contribution >= 4 is 5.96 Å². The second-order valence-electron chi connectivity index (χ2n) is 6.80. The Kier molecular flexibility index (Phi) is 9.94. The van der Waals surface area contributed by atoms with E-state index >= 15 is 0 Å². The lowest BCUT2D eigenvalue weighted by atomic mass is 10.1. The summed E-state index contributed by atoms with van der Waals surface area (Å²) in [5.41, 5.74) is 1.06. The first-order chi connectivity index (χ1) is 13.2. The number of pyridine rings is 1. The number of hydrogen-bond acceptors (Lipinski definition) is 5. The van der Waals surface area contributed by atoms with Crippen LogP contribution in [0.15, 0.2) is 23.3 Å². The second-order valence-corrected chi connectivity index (χ2v) is 6.80. The van der Waals surface area contributed by atoms with Gasteiger partial charge in [-0.15, -0.1) is 0 Å². The molecule has 0 atom stereocenters. The topological polar surface area (TPSA) is 71.0 Å². The molecule has 0 aromatic carbocycles. The van der Waals surface area contributed by atoms with Gasteiger partial charge in [-0.1, -0.05) is 13.0 Å². The Morgan fingerprint density at radius 1 is 1.26 bits per heavy atom. The van der Waals surface area contributed by atoms with Crippen LogP contribution in [0.5, 0.6) is 5.88 Å². The molecule has 0 unspecified atom stereocenters. The number of hydrogen-bond donors (Lipinski definition) is 2. The van der Waals surface area contributed by atoms with Crippen LogP contribution in [0.25, 0.3) is 0 Å². The zero-order chi connectivity index (χ0) is 19.3. The molecular formula is C20H35N5O2. The van der Waals surface area contributed by atoms with Gasteiger partial charge in [-0.25, -0.2) is 9.98 Å². The van der Waals surface area contributed by atoms with Crippen molar-refractivity contribution in [3.63, 3.8) is 0 Å². The Hall–Kier alpha value is -1.86. The molecule has 2 heterocycles. The molecule has 1 fully saturated rings. The van der Waals surface area contributed by atoms with Crippen molar-refractivity contribution in [2.45, 2.75) is 45.7 Å². The summed E-state index contributed by atoms with van der Waals surface area (Å²) in [6, 6.07) is 4.38. The quantitative estimate of drug-likeness (QED) is 0.369. The molecule has 1 saturated heterocycles. The number of nitrogens with one attached hydrogen (secondary N) is 2. The van der Waals surface area contributed by atoms with Crippen LogP contribution in [-0.4, -0.2) is 68.4 Å². The highest BCUT2D eigenvalue weighted by molar-refractivity contribution is 5.80. The molecule has 7 heteroatoms. The molecule has 1 aliphatic heterocycles. The fourth-order valence-electron chi connectivity index (χ4n) is 3.12. The molecule has 2 N–H and O–H groups in total. The highest BCUT2D eigenvalue weighted by atomic mass is 16.5. The molecular weight excluding hydrogens is 342 g/mol. The van der Waals surface area contributed by atoms with Gasteiger partial charge >= 0.3 is 0 Å². The molecule has 7 nitrogen and oxygen atoms in total. The first-order valence-electron chi connectivity index (χ1n) is 10.1. The molecule has 0 bridgehead atoms. The van der Waals surface area contributed by atoms with E-state index in [1.165, 1.54) is 38.9 Å². The lowest BCUT2D eigenvalue weighted by molar-refractivity contribution is 0.143. The largest absolute Gasteiger partial charge is 0.475 e. The number of methoxy groups -OCH3 is 1. The lowest BCUT2D eigenvalue weighted by Gasteiger charge is -2.32. The van der Waals surface area contributed by atoms with Crippen molar-refractivity contribution in [1.29, 1.82) is 0 Å². The van der Waals surface area contributed by atoms with E-state index in [0.29, 0.717) is 31.7 Å². The van der Waals surface area contributed by atoms with Crippen molar-refractivity contribution in [3.8, 4) is 5.88 Å². The van der Waals surface area contributed by atoms with Gasteiger partial charge in [-0.2, -0.15) is 0 Å². The average molecular weight is 378 g/mol. The van der Waals surface area contributed by atoms with Crippen molar-refractivity contribution < 1.29 is 9.47 Å². The van der Waals surface area contributed by atoms with E-state index in [4.69, 9.17) is 14.5 Å². The zero-order valence-electron chi connectivity index (χ0n) is 17.0. The Balaban J connectivity index is 1.82. The molecule has 1 aromatic heterocycles. The molecule has 0 spiro atoms. The maximum Gasteiger partial charge on any atom is 0.213 e. The van der Waals surface area contributed by atoms with Gasteiger partial charge in [0.15, 0.2) is 5.96 Å². The van der Waals surface area contributed by atoms with Gasteiger partial charge in [0.25, 0.3) is 0 Å². The SMILES string of the molecule is CCCN1CCC(NC(=NCc2ccc(OCCOC)nc2)NCC)CC1. The van der Waals surface area contributed by atoms with Crippen LogP contribution in [0.4, 0.5) is 0 Å². The van der Waals surface area contributed by atoms with Crippen LogP contribution in [-0.2, 0) is 11.3 Å². The first kappa shape index (κ1) is 21.4. The number of piperidine rings is 1. The maximum atomic E-state index is 5.49. The van der Waals surface area contributed by atoms with Gasteiger partial charge in [0.1, 0.15) is 6.61 Å². The fraction of sp³-hybridized carbons (Fsp3) is 0.700. The summed E-state index contributed by atoms with van der Waals surface area (Å²) < 4.78 is 10.5. The number of rotatable bonds is 10. The Labute approximate surface area is 163 Å². The van der Waals surface area contributed by atoms with E-state index in [0.717, 1.165) is 18.1 Å². The minimum Gasteiger partial charge on any atom is -0.475 e. The standard InChI is InChI=1S/C20H35N5O2/c1-4-10-25-11-8-18(9-12-25)24-20(21-5-2)23-16-17-6-7-19(22-15-17)27-14-13-26-3/h6-7,15,18H,4-5,8-14,16H2,1-3H3,(H2,21,23,24). The van der Waals surface area contributed by atoms with Crippen molar-refractivity contribution in [1.82, 2.24) is 20.5 Å². The predicted octanol–water partition coefficient (Wildman–Crippen LogP) is 2.04. The van der Waals surface area contributed by atoms with Gasteiger partial charge in [-0.05, 0) is 38.3 Å². The Bertz CT molecular complexity index is 542. The van der Waals surface area contributed by atoms with E-state index in [9.17, 15) is 0 Å². The van der Waals surface area contributed by atoms with Gasteiger partial charge < -0.3 is 25.0 Å². The summed E-state index contributed by atoms with van der Waals surface area (Å²) in [6.45, 7) is 10.4. The average Bonchev–Trinajstić information content (AvgIpc) is 2.69. The number of guanidine groups is 1. The monoisotopic (exact) mass is 377 g/mol. The fourth-order valence-corrected chi connectivity index (χ4v) is 3.12. The lowest BCUT2D eigenvalue weighted by Crippen LogP contribution is -2.48. The molecule has 1 aliphatic rings. The molecule has 0 aliphatic carbocycles. The molecule has 0 radical (unpaired) electrons. The Morgan fingerprint density at radius 2 is 2.07 bits per heavy atom. The molecule has 0 amide bonds. The second kappa shape index (κ2) is 12.5. The third kappa shape index (κ3) is 8.13. The summed E-state index contributed by atoms with van der Waals surface area (Å²) in [7, 11) is 1.66. The Morgan fingerprint density at radius 3 is 2.70 bits per heavy atom. The normalized spacial score (nSPS) is 16.3. The van der Waals surface area contributed by atoms with E-state index in [1.54, 1.807) is 7.11 Å². The number of aromatic nitrogens is 1. The van der Waals surface area contributed by atoms with Gasteiger partial charge in [-0.3, -0.25) is 0 Å². The van der Waals surface area contributed by atoms with Crippen molar-refractivity contribution in [2.75, 3.05) is 46.5 Å². The van der Waals surface area contributed by atoms with E-state index < -0.39 is 0 Å². The van der Waals surface area contributed by atoms with Gasteiger partial charge in [0.05, 0.1) is 13.2 Å². The summed E-state index contributed by atoms with van der Waals surface area (Å²) in [5.74, 6) is 1.50. The summed E-state index contributed by atoms with van der Waals surface area (Å²) in [6.07, 6.45) is 5.38. The van der Waals surface area contributed by atoms with Gasteiger partial charge in [0.2, 0.25) is 5.88 Å². The van der Waals surface area contributed by atoms with E-state index in [1.807, 2.05) is 18.3 Å². The van der Waals surface area contributed by atoms with E-state index in [-0.39, 0.29) is 0 Å². The van der Waals surface area contributed by atoms with Crippen LogP contribution in [0.1, 0.15) is 38.7 Å². The van der Waals surface area contributed by atoms with Crippen molar-refractivity contribution in [3.05, 3.63) is 23.9 Å². The first-order valence-corrected chi connectivity index (χ1v) is 10.1. The van der Waals surface area contributed by atoms with Crippen molar-refractivity contribution in [2.24, 2.45) is 4.99 Å². The summed E-state index contributed by atoms with van der Waals surface area (Å²) in [4.78, 5) is 11.6. The van der Waals surface area contributed by atoms with Gasteiger partial charge in [0, 0.05) is 45.0 Å². The maximum absolute atomic E-state index is 5.49. The van der Waals surface area contributed by atoms with E-state index in [2.05, 4.69) is 34.4 Å². The molecule has 2 rings (SSSR count). The minimum atomic E-state index is 0.491. The highest BCUT2D eigenvalue weighted by Gasteiger charge is 2.19.